The minimum absolute atomic E-state index is 0.674. The number of piperidine rings is 1. The summed E-state index contributed by atoms with van der Waals surface area (Å²) in [6.45, 7) is 2.11. The second-order valence-corrected chi connectivity index (χ2v) is 7.70. The molecule has 0 radical (unpaired) electrons. The Hall–Kier alpha value is -4.20. The second kappa shape index (κ2) is 9.95. The molecule has 5 heterocycles. The Morgan fingerprint density at radius 3 is 2.45 bits per heavy atom. The first-order valence-corrected chi connectivity index (χ1v) is 11.1. The molecule has 4 aromatic heterocycles. The van der Waals surface area contributed by atoms with Gasteiger partial charge in [-0.2, -0.15) is 5.10 Å². The van der Waals surface area contributed by atoms with E-state index in [-0.39, 0.29) is 0 Å². The van der Waals surface area contributed by atoms with Crippen LogP contribution in [0.1, 0.15) is 19.3 Å². The third-order valence-corrected chi connectivity index (χ3v) is 5.41. The number of aromatic amines is 1. The van der Waals surface area contributed by atoms with Crippen molar-refractivity contribution in [2.24, 2.45) is 0 Å². The molecule has 0 unspecified atom stereocenters. The molecule has 1 aliphatic heterocycles. The molecule has 0 bridgehead atoms. The van der Waals surface area contributed by atoms with E-state index >= 15 is 0 Å². The summed E-state index contributed by atoms with van der Waals surface area (Å²) in [6.07, 6.45) is 12.8. The molecule has 0 spiro atoms. The smallest absolute Gasteiger partial charge is 0.180 e. The number of H-pyrrole nitrogens is 1. The van der Waals surface area contributed by atoms with Crippen LogP contribution in [-0.2, 0) is 0 Å². The van der Waals surface area contributed by atoms with E-state index in [0.717, 1.165) is 41.7 Å². The highest BCUT2D eigenvalue weighted by Gasteiger charge is 2.15. The molecule has 166 valence electrons. The second-order valence-electron chi connectivity index (χ2n) is 7.70. The molecular formula is C25H25N7O. The van der Waals surface area contributed by atoms with Crippen LogP contribution >= 0.6 is 0 Å². The van der Waals surface area contributed by atoms with Crippen LogP contribution in [0.3, 0.4) is 0 Å². The molecule has 1 fully saturated rings. The van der Waals surface area contributed by atoms with E-state index in [2.05, 4.69) is 25.1 Å². The summed E-state index contributed by atoms with van der Waals surface area (Å²) in [5.41, 5.74) is 1.69. The minimum atomic E-state index is 0.674. The van der Waals surface area contributed by atoms with Crippen molar-refractivity contribution >= 4 is 11.5 Å². The maximum absolute atomic E-state index is 5.97. The molecule has 33 heavy (non-hydrogen) atoms. The Kier molecular flexibility index (Phi) is 6.24. The van der Waals surface area contributed by atoms with Crippen LogP contribution in [0.25, 0.3) is 17.2 Å². The van der Waals surface area contributed by atoms with Crippen LogP contribution in [0.2, 0.25) is 0 Å². The maximum atomic E-state index is 5.97. The van der Waals surface area contributed by atoms with Gasteiger partial charge in [0.05, 0.1) is 12.4 Å². The number of rotatable bonds is 4. The van der Waals surface area contributed by atoms with Crippen LogP contribution in [0.4, 0.5) is 5.82 Å². The van der Waals surface area contributed by atoms with Gasteiger partial charge in [0, 0.05) is 31.7 Å². The van der Waals surface area contributed by atoms with E-state index in [4.69, 9.17) is 9.72 Å². The number of aromatic nitrogens is 6. The van der Waals surface area contributed by atoms with Crippen molar-refractivity contribution < 1.29 is 4.74 Å². The average molecular weight is 440 g/mol. The topological polar surface area (TPSA) is 84.2 Å². The fraction of sp³-hybridized carbons (Fsp3) is 0.200. The average Bonchev–Trinajstić information content (AvgIpc) is 3.59. The highest BCUT2D eigenvalue weighted by atomic mass is 16.5. The summed E-state index contributed by atoms with van der Waals surface area (Å²) in [7, 11) is 0. The lowest BCUT2D eigenvalue weighted by atomic mass is 10.1. The van der Waals surface area contributed by atoms with Gasteiger partial charge in [0.25, 0.3) is 0 Å². The van der Waals surface area contributed by atoms with E-state index in [1.165, 1.54) is 19.3 Å². The Labute approximate surface area is 191 Å². The quantitative estimate of drug-likeness (QED) is 0.425. The van der Waals surface area contributed by atoms with Crippen molar-refractivity contribution in [1.29, 1.82) is 0 Å². The van der Waals surface area contributed by atoms with Gasteiger partial charge < -0.3 is 9.64 Å². The number of hydrogen-bond acceptors (Lipinski definition) is 6. The summed E-state index contributed by atoms with van der Waals surface area (Å²) in [4.78, 5) is 16.2. The van der Waals surface area contributed by atoms with E-state index in [9.17, 15) is 0 Å². The van der Waals surface area contributed by atoms with E-state index in [1.54, 1.807) is 12.4 Å². The number of pyridine rings is 1. The van der Waals surface area contributed by atoms with Crippen LogP contribution in [-0.4, -0.2) is 42.6 Å². The summed E-state index contributed by atoms with van der Waals surface area (Å²) in [5, 5.41) is 6.21. The molecule has 1 N–H and O–H groups in total. The van der Waals surface area contributed by atoms with Crippen molar-refractivity contribution in [3.8, 4) is 23.0 Å². The van der Waals surface area contributed by atoms with Crippen molar-refractivity contribution in [1.82, 2.24) is 29.5 Å². The number of hydrogen-bond donors (Lipinski definition) is 1. The van der Waals surface area contributed by atoms with Gasteiger partial charge >= 0.3 is 0 Å². The number of nitrogens with zero attached hydrogens (tertiary/aromatic N) is 6. The molecule has 1 aromatic carbocycles. The SMILES string of the molecule is c1ccc(Oc2ccc3ncc(-c4nccc(N5CCCCC5)n4)n3c2)cc1.c1cn[nH]c1. The van der Waals surface area contributed by atoms with E-state index in [0.29, 0.717) is 5.82 Å². The van der Waals surface area contributed by atoms with Crippen LogP contribution in [0.5, 0.6) is 11.5 Å². The molecule has 1 aliphatic rings. The van der Waals surface area contributed by atoms with Gasteiger partial charge in [-0.1, -0.05) is 18.2 Å². The standard InChI is InChI=1S/C22H21N5O.C3H4N2/c1-3-7-17(8-4-1)28-18-9-10-20-24-15-19(27(20)16-18)22-23-12-11-21(25-22)26-13-5-2-6-14-26;1-2-4-5-3-1/h1,3-4,7-12,15-16H,2,5-6,13-14H2;1-3H,(H,4,5). The molecule has 8 heteroatoms. The first kappa shape index (κ1) is 20.7. The molecule has 0 atom stereocenters. The van der Waals surface area contributed by atoms with E-state index < -0.39 is 0 Å². The number of anilines is 1. The first-order chi connectivity index (χ1) is 16.4. The molecule has 0 aliphatic carbocycles. The van der Waals surface area contributed by atoms with Crippen molar-refractivity contribution in [2.75, 3.05) is 18.0 Å². The summed E-state index contributed by atoms with van der Waals surface area (Å²) in [6, 6.07) is 17.4. The molecule has 8 nitrogen and oxygen atoms in total. The molecule has 1 saturated heterocycles. The minimum Gasteiger partial charge on any atom is -0.456 e. The zero-order valence-electron chi connectivity index (χ0n) is 18.2. The normalized spacial score (nSPS) is 13.4. The van der Waals surface area contributed by atoms with Gasteiger partial charge in [-0.3, -0.25) is 9.50 Å². The van der Waals surface area contributed by atoms with Gasteiger partial charge in [-0.05, 0) is 55.7 Å². The van der Waals surface area contributed by atoms with Crippen molar-refractivity contribution in [3.63, 3.8) is 0 Å². The highest BCUT2D eigenvalue weighted by molar-refractivity contribution is 5.59. The monoisotopic (exact) mass is 439 g/mol. The predicted octanol–water partition coefficient (Wildman–Crippen LogP) is 4.98. The zero-order valence-corrected chi connectivity index (χ0v) is 18.2. The number of fused-ring (bicyclic) bond motifs is 1. The third-order valence-electron chi connectivity index (χ3n) is 5.41. The molecule has 6 rings (SSSR count). The Morgan fingerprint density at radius 2 is 1.70 bits per heavy atom. The van der Waals surface area contributed by atoms with Gasteiger partial charge in [0.15, 0.2) is 5.82 Å². The number of nitrogens with one attached hydrogen (secondary N) is 1. The highest BCUT2D eigenvalue weighted by Crippen LogP contribution is 2.26. The van der Waals surface area contributed by atoms with Crippen LogP contribution < -0.4 is 9.64 Å². The Morgan fingerprint density at radius 1 is 0.818 bits per heavy atom. The molecule has 0 saturated carbocycles. The lowest BCUT2D eigenvalue weighted by Gasteiger charge is -2.27. The van der Waals surface area contributed by atoms with Crippen molar-refractivity contribution in [2.45, 2.75) is 19.3 Å². The molecule has 0 amide bonds. The number of benzene rings is 1. The molecular weight excluding hydrogens is 414 g/mol. The van der Waals surface area contributed by atoms with Crippen molar-refractivity contribution in [3.05, 3.63) is 85.6 Å². The van der Waals surface area contributed by atoms with Gasteiger partial charge in [-0.15, -0.1) is 0 Å². The fourth-order valence-corrected chi connectivity index (χ4v) is 3.80. The Balaban J connectivity index is 0.000000406. The van der Waals surface area contributed by atoms with Crippen LogP contribution in [0.15, 0.2) is 85.6 Å². The summed E-state index contributed by atoms with van der Waals surface area (Å²) in [5.74, 6) is 3.20. The summed E-state index contributed by atoms with van der Waals surface area (Å²) < 4.78 is 7.95. The Bertz CT molecular complexity index is 1260. The number of imidazole rings is 1. The summed E-state index contributed by atoms with van der Waals surface area (Å²) >= 11 is 0. The maximum Gasteiger partial charge on any atom is 0.180 e. The van der Waals surface area contributed by atoms with Gasteiger partial charge in [0.1, 0.15) is 28.7 Å². The van der Waals surface area contributed by atoms with Crippen LogP contribution in [0, 0.1) is 0 Å². The lowest BCUT2D eigenvalue weighted by Crippen LogP contribution is -2.30. The largest absolute Gasteiger partial charge is 0.456 e. The number of para-hydroxylation sites is 1. The van der Waals surface area contributed by atoms with Gasteiger partial charge in [0.2, 0.25) is 0 Å². The zero-order chi connectivity index (χ0) is 22.3. The lowest BCUT2D eigenvalue weighted by molar-refractivity contribution is 0.479. The third kappa shape index (κ3) is 5.01. The van der Waals surface area contributed by atoms with E-state index in [1.807, 2.05) is 77.6 Å². The first-order valence-electron chi connectivity index (χ1n) is 11.1. The molecule has 5 aromatic rings. The predicted molar refractivity (Wildman–Crippen MR) is 127 cm³/mol. The van der Waals surface area contributed by atoms with Gasteiger partial charge in [-0.25, -0.2) is 15.0 Å². The number of ether oxygens (including phenoxy) is 1. The fourth-order valence-electron chi connectivity index (χ4n) is 3.80.